The molecule has 0 aliphatic carbocycles. The Morgan fingerprint density at radius 2 is 1.88 bits per heavy atom. The van der Waals surface area contributed by atoms with Crippen molar-refractivity contribution < 1.29 is 4.74 Å². The van der Waals surface area contributed by atoms with Gasteiger partial charge in [-0.15, -0.1) is 0 Å². The van der Waals surface area contributed by atoms with Crippen LogP contribution in [0.25, 0.3) is 11.4 Å². The van der Waals surface area contributed by atoms with Gasteiger partial charge in [0, 0.05) is 62.4 Å². The first-order valence-corrected chi connectivity index (χ1v) is 10.7. The molecule has 3 aromatic heterocycles. The van der Waals surface area contributed by atoms with Gasteiger partial charge in [-0.1, -0.05) is 12.1 Å². The lowest BCUT2D eigenvalue weighted by Crippen LogP contribution is -2.36. The van der Waals surface area contributed by atoms with E-state index >= 15 is 0 Å². The molecule has 0 fully saturated rings. The molecule has 7 nitrogen and oxygen atoms in total. The van der Waals surface area contributed by atoms with Gasteiger partial charge in [-0.05, 0) is 42.0 Å². The Morgan fingerprint density at radius 3 is 2.66 bits per heavy atom. The van der Waals surface area contributed by atoms with Crippen molar-refractivity contribution in [2.24, 2.45) is 0 Å². The molecular formula is C25H25N5O2. The van der Waals surface area contributed by atoms with Crippen LogP contribution in [0.15, 0.2) is 71.9 Å². The molecule has 0 amide bonds. The molecule has 0 spiro atoms. The second-order valence-corrected chi connectivity index (χ2v) is 8.01. The van der Waals surface area contributed by atoms with Gasteiger partial charge in [0.15, 0.2) is 0 Å². The normalized spacial score (nSPS) is 13.7. The van der Waals surface area contributed by atoms with Gasteiger partial charge < -0.3 is 14.3 Å². The zero-order valence-corrected chi connectivity index (χ0v) is 18.0. The second kappa shape index (κ2) is 8.80. The maximum atomic E-state index is 12.8. The van der Waals surface area contributed by atoms with Crippen molar-refractivity contribution in [3.8, 4) is 17.1 Å². The molecule has 162 valence electrons. The van der Waals surface area contributed by atoms with E-state index in [1.807, 2.05) is 24.3 Å². The Labute approximate surface area is 186 Å². The Balaban J connectivity index is 1.31. The van der Waals surface area contributed by atoms with E-state index in [1.54, 1.807) is 19.5 Å². The summed E-state index contributed by atoms with van der Waals surface area (Å²) in [6.07, 6.45) is 6.28. The lowest BCUT2D eigenvalue weighted by Gasteiger charge is -2.28. The minimum Gasteiger partial charge on any atom is -0.497 e. The summed E-state index contributed by atoms with van der Waals surface area (Å²) >= 11 is 0. The standard InChI is InChI=1S/C25H25N5O2/c1-32-21-6-4-18(5-7-21)15-30-13-2-3-20(30)16-29-14-10-23-22(17-29)25(31)28-24(27-23)19-8-11-26-12-9-19/h2-9,11-13H,10,14-17H2,1H3,(H,27,28,31). The minimum absolute atomic E-state index is 0.0554. The molecule has 0 bridgehead atoms. The maximum absolute atomic E-state index is 12.8. The highest BCUT2D eigenvalue weighted by Gasteiger charge is 2.22. The molecule has 0 unspecified atom stereocenters. The van der Waals surface area contributed by atoms with Gasteiger partial charge in [0.05, 0.1) is 18.4 Å². The Kier molecular flexibility index (Phi) is 5.56. The van der Waals surface area contributed by atoms with Crippen LogP contribution in [0, 0.1) is 0 Å². The van der Waals surface area contributed by atoms with E-state index in [-0.39, 0.29) is 5.56 Å². The van der Waals surface area contributed by atoms with E-state index in [1.165, 1.54) is 11.3 Å². The van der Waals surface area contributed by atoms with Crippen LogP contribution in [0.2, 0.25) is 0 Å². The SMILES string of the molecule is COc1ccc(Cn2cccc2CN2CCc3nc(-c4ccncc4)[nH]c(=O)c3C2)cc1. The Morgan fingerprint density at radius 1 is 1.06 bits per heavy atom. The van der Waals surface area contributed by atoms with E-state index in [0.29, 0.717) is 12.4 Å². The first-order chi connectivity index (χ1) is 15.7. The molecule has 1 aliphatic rings. The molecule has 1 N–H and O–H groups in total. The quantitative estimate of drug-likeness (QED) is 0.511. The highest BCUT2D eigenvalue weighted by atomic mass is 16.5. The van der Waals surface area contributed by atoms with Crippen LogP contribution in [0.3, 0.4) is 0 Å². The van der Waals surface area contributed by atoms with Gasteiger partial charge in [-0.25, -0.2) is 4.98 Å². The molecule has 1 aromatic carbocycles. The van der Waals surface area contributed by atoms with Gasteiger partial charge in [0.2, 0.25) is 0 Å². The molecule has 5 rings (SSSR count). The summed E-state index contributed by atoms with van der Waals surface area (Å²) < 4.78 is 7.51. The summed E-state index contributed by atoms with van der Waals surface area (Å²) in [5.74, 6) is 1.47. The van der Waals surface area contributed by atoms with Gasteiger partial charge in [0.25, 0.3) is 5.56 Å². The summed E-state index contributed by atoms with van der Waals surface area (Å²) in [6.45, 7) is 3.05. The summed E-state index contributed by atoms with van der Waals surface area (Å²) in [6, 6.07) is 16.1. The second-order valence-electron chi connectivity index (χ2n) is 8.01. The summed E-state index contributed by atoms with van der Waals surface area (Å²) in [7, 11) is 1.68. The Hall–Kier alpha value is -3.71. The van der Waals surface area contributed by atoms with Gasteiger partial charge in [-0.2, -0.15) is 0 Å². The average Bonchev–Trinajstić information content (AvgIpc) is 3.26. The first kappa shape index (κ1) is 20.2. The molecule has 0 saturated heterocycles. The molecule has 1 aliphatic heterocycles. The van der Waals surface area contributed by atoms with E-state index in [0.717, 1.165) is 48.6 Å². The number of aromatic amines is 1. The van der Waals surface area contributed by atoms with Crippen molar-refractivity contribution in [1.29, 1.82) is 0 Å². The van der Waals surface area contributed by atoms with Crippen molar-refractivity contribution in [2.75, 3.05) is 13.7 Å². The summed E-state index contributed by atoms with van der Waals surface area (Å²) in [5, 5.41) is 0. The predicted octanol–water partition coefficient (Wildman–Crippen LogP) is 3.25. The lowest BCUT2D eigenvalue weighted by molar-refractivity contribution is 0.236. The van der Waals surface area contributed by atoms with Crippen LogP contribution in [0.5, 0.6) is 5.75 Å². The number of benzene rings is 1. The number of aromatic nitrogens is 4. The predicted molar refractivity (Wildman–Crippen MR) is 122 cm³/mol. The third-order valence-corrected chi connectivity index (χ3v) is 5.92. The third-order valence-electron chi connectivity index (χ3n) is 5.92. The zero-order valence-electron chi connectivity index (χ0n) is 18.0. The van der Waals surface area contributed by atoms with Crippen molar-refractivity contribution in [1.82, 2.24) is 24.4 Å². The molecular weight excluding hydrogens is 402 g/mol. The monoisotopic (exact) mass is 427 g/mol. The smallest absolute Gasteiger partial charge is 0.255 e. The number of pyridine rings is 1. The van der Waals surface area contributed by atoms with Crippen molar-refractivity contribution in [3.63, 3.8) is 0 Å². The van der Waals surface area contributed by atoms with Crippen LogP contribution in [-0.2, 0) is 26.1 Å². The van der Waals surface area contributed by atoms with Crippen LogP contribution in [0.1, 0.15) is 22.5 Å². The zero-order chi connectivity index (χ0) is 21.9. The molecule has 0 atom stereocenters. The van der Waals surface area contributed by atoms with Crippen molar-refractivity contribution in [3.05, 3.63) is 100.0 Å². The number of nitrogens with zero attached hydrogens (tertiary/aromatic N) is 4. The molecule has 0 saturated carbocycles. The fraction of sp³-hybridized carbons (Fsp3) is 0.240. The number of hydrogen-bond donors (Lipinski definition) is 1. The van der Waals surface area contributed by atoms with Crippen LogP contribution < -0.4 is 10.3 Å². The van der Waals surface area contributed by atoms with Crippen LogP contribution >= 0.6 is 0 Å². The number of rotatable bonds is 6. The topological polar surface area (TPSA) is 76.0 Å². The van der Waals surface area contributed by atoms with Crippen molar-refractivity contribution in [2.45, 2.75) is 26.1 Å². The van der Waals surface area contributed by atoms with E-state index in [4.69, 9.17) is 9.72 Å². The number of ether oxygens (including phenoxy) is 1. The summed E-state index contributed by atoms with van der Waals surface area (Å²) in [4.78, 5) is 26.8. The van der Waals surface area contributed by atoms with Gasteiger partial charge >= 0.3 is 0 Å². The third kappa shape index (κ3) is 4.20. The molecule has 4 aromatic rings. The highest BCUT2D eigenvalue weighted by Crippen LogP contribution is 2.20. The number of fused-ring (bicyclic) bond motifs is 1. The maximum Gasteiger partial charge on any atom is 0.255 e. The van der Waals surface area contributed by atoms with E-state index in [9.17, 15) is 4.79 Å². The van der Waals surface area contributed by atoms with E-state index < -0.39 is 0 Å². The van der Waals surface area contributed by atoms with Crippen LogP contribution in [-0.4, -0.2) is 38.1 Å². The highest BCUT2D eigenvalue weighted by molar-refractivity contribution is 5.54. The van der Waals surface area contributed by atoms with Gasteiger partial charge in [-0.3, -0.25) is 14.7 Å². The lowest BCUT2D eigenvalue weighted by atomic mass is 10.1. The first-order valence-electron chi connectivity index (χ1n) is 10.7. The number of methoxy groups -OCH3 is 1. The summed E-state index contributed by atoms with van der Waals surface area (Å²) in [5.41, 5.74) is 4.92. The van der Waals surface area contributed by atoms with Crippen LogP contribution in [0.4, 0.5) is 0 Å². The minimum atomic E-state index is -0.0554. The van der Waals surface area contributed by atoms with Gasteiger partial charge in [0.1, 0.15) is 11.6 Å². The molecule has 7 heteroatoms. The molecule has 0 radical (unpaired) electrons. The largest absolute Gasteiger partial charge is 0.497 e. The number of hydrogen-bond acceptors (Lipinski definition) is 5. The molecule has 32 heavy (non-hydrogen) atoms. The fourth-order valence-corrected chi connectivity index (χ4v) is 4.17. The fourth-order valence-electron chi connectivity index (χ4n) is 4.17. The Bertz CT molecular complexity index is 1260. The number of H-pyrrole nitrogens is 1. The van der Waals surface area contributed by atoms with Crippen molar-refractivity contribution >= 4 is 0 Å². The molecule has 4 heterocycles. The average molecular weight is 428 g/mol. The van der Waals surface area contributed by atoms with E-state index in [2.05, 4.69) is 49.9 Å². The number of nitrogens with one attached hydrogen (secondary N) is 1.